The smallest absolute Gasteiger partial charge is 0.323 e. The zero-order chi connectivity index (χ0) is 24.7. The number of nitrogens with two attached hydrogens (primary N) is 1. The molecule has 10 nitrogen and oxygen atoms in total. The molecule has 3 aromatic rings. The number of carboxylic acid groups (broad SMARTS) is 1. The van der Waals surface area contributed by atoms with Crippen LogP contribution in [0.5, 0.6) is 0 Å². The number of anilines is 1. The Hall–Kier alpha value is -4.73. The summed E-state index contributed by atoms with van der Waals surface area (Å²) < 4.78 is 0. The fourth-order valence-electron chi connectivity index (χ4n) is 3.38. The van der Waals surface area contributed by atoms with Gasteiger partial charge in [-0.3, -0.25) is 25.1 Å². The molecular weight excluding hydrogens is 438 g/mol. The topological polar surface area (TPSA) is 163 Å². The zero-order valence-corrected chi connectivity index (χ0v) is 18.0. The van der Waals surface area contributed by atoms with Crippen molar-refractivity contribution < 1.29 is 19.6 Å². The molecule has 1 amide bonds. The lowest BCUT2D eigenvalue weighted by atomic mass is 10.0. The number of non-ortho nitro benzene ring substituents is 1. The van der Waals surface area contributed by atoms with Crippen molar-refractivity contribution in [3.63, 3.8) is 0 Å². The number of carbonyl (C=O) groups is 2. The molecule has 34 heavy (non-hydrogen) atoms. The van der Waals surface area contributed by atoms with E-state index in [4.69, 9.17) is 11.1 Å². The first kappa shape index (κ1) is 23.9. The summed E-state index contributed by atoms with van der Waals surface area (Å²) in [5, 5.41) is 31.3. The minimum Gasteiger partial charge on any atom is -0.480 e. The maximum absolute atomic E-state index is 13.6. The Morgan fingerprint density at radius 2 is 1.74 bits per heavy atom. The lowest BCUT2D eigenvalue weighted by molar-refractivity contribution is -0.384. The number of rotatable bonds is 10. The Morgan fingerprint density at radius 1 is 1.06 bits per heavy atom. The molecule has 0 radical (unpaired) electrons. The van der Waals surface area contributed by atoms with Crippen molar-refractivity contribution in [3.05, 3.63) is 106 Å². The number of nitro groups is 1. The maximum Gasteiger partial charge on any atom is 0.323 e. The van der Waals surface area contributed by atoms with Gasteiger partial charge in [0.05, 0.1) is 4.92 Å². The number of nitrogens with zero attached hydrogens (tertiary/aromatic N) is 2. The number of nitro benzene ring substituents is 1. The lowest BCUT2D eigenvalue weighted by Crippen LogP contribution is -2.40. The van der Waals surface area contributed by atoms with E-state index < -0.39 is 29.4 Å². The number of carboxylic acids is 1. The summed E-state index contributed by atoms with van der Waals surface area (Å²) in [6.07, 6.45) is 0. The average Bonchev–Trinajstić information content (AvgIpc) is 2.82. The number of amidine groups is 1. The van der Waals surface area contributed by atoms with Crippen molar-refractivity contribution in [2.75, 3.05) is 11.9 Å². The van der Waals surface area contributed by atoms with Gasteiger partial charge in [-0.15, -0.1) is 0 Å². The highest BCUT2D eigenvalue weighted by Crippen LogP contribution is 2.26. The Morgan fingerprint density at radius 3 is 2.32 bits per heavy atom. The molecule has 0 spiro atoms. The number of amides is 1. The van der Waals surface area contributed by atoms with E-state index in [1.807, 2.05) is 6.07 Å². The van der Waals surface area contributed by atoms with Gasteiger partial charge in [0.2, 0.25) is 0 Å². The summed E-state index contributed by atoms with van der Waals surface area (Å²) in [4.78, 5) is 37.1. The minimum absolute atomic E-state index is 0.0440. The molecular formula is C24H23N5O5. The number of carbonyl (C=O) groups excluding carboxylic acids is 1. The van der Waals surface area contributed by atoms with E-state index in [1.165, 1.54) is 23.1 Å². The molecule has 1 unspecified atom stereocenters. The van der Waals surface area contributed by atoms with E-state index in [-0.39, 0.29) is 18.1 Å². The molecule has 1 atom stereocenters. The van der Waals surface area contributed by atoms with Crippen LogP contribution in [0.25, 0.3) is 0 Å². The third-order valence-electron chi connectivity index (χ3n) is 5.02. The van der Waals surface area contributed by atoms with Crippen LogP contribution < -0.4 is 11.1 Å². The van der Waals surface area contributed by atoms with Gasteiger partial charge in [0, 0.05) is 29.9 Å². The second-order valence-electron chi connectivity index (χ2n) is 7.49. The molecule has 0 saturated heterocycles. The van der Waals surface area contributed by atoms with Gasteiger partial charge in [-0.05, 0) is 35.4 Å². The molecule has 3 aromatic carbocycles. The van der Waals surface area contributed by atoms with Crippen LogP contribution in [0.2, 0.25) is 0 Å². The van der Waals surface area contributed by atoms with Crippen molar-refractivity contribution >= 4 is 29.1 Å². The molecule has 0 saturated carbocycles. The first-order chi connectivity index (χ1) is 16.2. The third-order valence-corrected chi connectivity index (χ3v) is 5.02. The molecule has 0 heterocycles. The van der Waals surface area contributed by atoms with E-state index in [2.05, 4.69) is 5.32 Å². The zero-order valence-electron chi connectivity index (χ0n) is 18.0. The van der Waals surface area contributed by atoms with E-state index >= 15 is 0 Å². The second kappa shape index (κ2) is 10.7. The maximum atomic E-state index is 13.6. The molecule has 0 aliphatic heterocycles. The standard InChI is InChI=1S/C24H23N5O5/c25-23(26)17-9-11-19(12-10-17)27-22(18-7-4-8-20(13-18)29(33)34)24(32)28(15-21(30)31)14-16-5-2-1-3-6-16/h1-13,22,27H,14-15H2,(H3,25,26)(H,30,31). The van der Waals surface area contributed by atoms with Crippen LogP contribution in [-0.4, -0.2) is 39.2 Å². The SMILES string of the molecule is N=C(N)c1ccc(NC(C(=O)N(CC(=O)O)Cc2ccccc2)c2cccc([N+](=O)[O-])c2)cc1. The van der Waals surface area contributed by atoms with Crippen LogP contribution in [0.4, 0.5) is 11.4 Å². The van der Waals surface area contributed by atoms with Crippen LogP contribution >= 0.6 is 0 Å². The van der Waals surface area contributed by atoms with Gasteiger partial charge in [0.25, 0.3) is 11.6 Å². The first-order valence-electron chi connectivity index (χ1n) is 10.2. The molecule has 10 heteroatoms. The lowest BCUT2D eigenvalue weighted by Gasteiger charge is -2.28. The number of hydrogen-bond acceptors (Lipinski definition) is 6. The molecule has 0 aliphatic carbocycles. The fraction of sp³-hybridized carbons (Fsp3) is 0.125. The molecule has 174 valence electrons. The van der Waals surface area contributed by atoms with Crippen molar-refractivity contribution in [2.24, 2.45) is 5.73 Å². The van der Waals surface area contributed by atoms with E-state index in [9.17, 15) is 24.8 Å². The number of nitrogen functional groups attached to an aromatic ring is 1. The van der Waals surface area contributed by atoms with Gasteiger partial charge < -0.3 is 21.1 Å². The largest absolute Gasteiger partial charge is 0.480 e. The summed E-state index contributed by atoms with van der Waals surface area (Å²) in [5.74, 6) is -1.87. The molecule has 3 rings (SSSR count). The van der Waals surface area contributed by atoms with E-state index in [0.29, 0.717) is 16.8 Å². The highest BCUT2D eigenvalue weighted by molar-refractivity contribution is 5.95. The molecule has 0 bridgehead atoms. The number of nitrogens with one attached hydrogen (secondary N) is 2. The highest BCUT2D eigenvalue weighted by atomic mass is 16.6. The molecule has 0 aliphatic rings. The average molecular weight is 461 g/mol. The van der Waals surface area contributed by atoms with Crippen molar-refractivity contribution in [1.29, 1.82) is 5.41 Å². The number of benzene rings is 3. The van der Waals surface area contributed by atoms with Gasteiger partial charge in [0.15, 0.2) is 0 Å². The predicted octanol–water partition coefficient (Wildman–Crippen LogP) is 3.15. The summed E-state index contributed by atoms with van der Waals surface area (Å²) >= 11 is 0. The van der Waals surface area contributed by atoms with Crippen molar-refractivity contribution in [2.45, 2.75) is 12.6 Å². The molecule has 5 N–H and O–H groups in total. The Kier molecular flexibility index (Phi) is 7.55. The van der Waals surface area contributed by atoms with Crippen molar-refractivity contribution in [3.8, 4) is 0 Å². The Balaban J connectivity index is 1.99. The van der Waals surface area contributed by atoms with Crippen LogP contribution in [0.1, 0.15) is 22.7 Å². The van der Waals surface area contributed by atoms with Crippen LogP contribution in [-0.2, 0) is 16.1 Å². The quantitative estimate of drug-likeness (QED) is 0.156. The number of aliphatic carboxylic acids is 1. The minimum atomic E-state index is -1.19. The van der Waals surface area contributed by atoms with Gasteiger partial charge in [0.1, 0.15) is 18.4 Å². The van der Waals surface area contributed by atoms with Crippen molar-refractivity contribution in [1.82, 2.24) is 4.90 Å². The molecule has 0 fully saturated rings. The monoisotopic (exact) mass is 461 g/mol. The van der Waals surface area contributed by atoms with Crippen LogP contribution in [0.3, 0.4) is 0 Å². The normalized spacial score (nSPS) is 11.3. The van der Waals surface area contributed by atoms with E-state index in [0.717, 1.165) is 5.56 Å². The van der Waals surface area contributed by atoms with Gasteiger partial charge in [-0.1, -0.05) is 42.5 Å². The Labute approximate surface area is 195 Å². The highest BCUT2D eigenvalue weighted by Gasteiger charge is 2.29. The number of hydrogen-bond donors (Lipinski definition) is 4. The van der Waals surface area contributed by atoms with Crippen LogP contribution in [0.15, 0.2) is 78.9 Å². The van der Waals surface area contributed by atoms with Gasteiger partial charge >= 0.3 is 5.97 Å². The van der Waals surface area contributed by atoms with Crippen LogP contribution in [0, 0.1) is 15.5 Å². The summed E-state index contributed by atoms with van der Waals surface area (Å²) in [7, 11) is 0. The summed E-state index contributed by atoms with van der Waals surface area (Å²) in [6, 6.07) is 19.9. The fourth-order valence-corrected chi connectivity index (χ4v) is 3.38. The first-order valence-corrected chi connectivity index (χ1v) is 10.2. The Bertz CT molecular complexity index is 1200. The summed E-state index contributed by atoms with van der Waals surface area (Å²) in [6.45, 7) is -0.507. The van der Waals surface area contributed by atoms with E-state index in [1.54, 1.807) is 54.6 Å². The predicted molar refractivity (Wildman–Crippen MR) is 126 cm³/mol. The third kappa shape index (κ3) is 6.16. The second-order valence-corrected chi connectivity index (χ2v) is 7.49. The summed E-state index contributed by atoms with van der Waals surface area (Å²) in [5.41, 5.74) is 7.31. The van der Waals surface area contributed by atoms with Gasteiger partial charge in [-0.25, -0.2) is 0 Å². The van der Waals surface area contributed by atoms with Gasteiger partial charge in [-0.2, -0.15) is 0 Å². The molecule has 0 aromatic heterocycles.